The van der Waals surface area contributed by atoms with Crippen molar-refractivity contribution in [3.05, 3.63) is 24.3 Å². The van der Waals surface area contributed by atoms with E-state index in [1.165, 1.54) is 0 Å². The molecule has 0 saturated carbocycles. The van der Waals surface area contributed by atoms with Gasteiger partial charge in [0.15, 0.2) is 0 Å². The third kappa shape index (κ3) is 2.87. The first-order valence-corrected chi connectivity index (χ1v) is 7.87. The molecular formula is C13H19N3O3S. The van der Waals surface area contributed by atoms with Crippen molar-refractivity contribution in [2.45, 2.75) is 25.5 Å². The maximum absolute atomic E-state index is 12.0. The minimum atomic E-state index is -3.44. The number of urea groups is 1. The normalized spacial score (nSPS) is 16.1. The third-order valence-electron chi connectivity index (χ3n) is 3.09. The highest BCUT2D eigenvalue weighted by Gasteiger charge is 2.29. The molecule has 0 radical (unpaired) electrons. The van der Waals surface area contributed by atoms with Crippen molar-refractivity contribution in [2.75, 3.05) is 22.7 Å². The maximum atomic E-state index is 12.0. The van der Waals surface area contributed by atoms with Gasteiger partial charge in [0.2, 0.25) is 10.0 Å². The lowest BCUT2D eigenvalue weighted by atomic mass is 10.2. The Bertz CT molecular complexity index is 603. The number of nitrogens with one attached hydrogen (secondary N) is 2. The zero-order chi connectivity index (χ0) is 15.0. The Hall–Kier alpha value is -1.76. The van der Waals surface area contributed by atoms with Crippen molar-refractivity contribution in [2.24, 2.45) is 0 Å². The average Bonchev–Trinajstić information content (AvgIpc) is 2.74. The van der Waals surface area contributed by atoms with Crippen LogP contribution in [0, 0.1) is 0 Å². The first-order valence-electron chi connectivity index (χ1n) is 6.38. The quantitative estimate of drug-likeness (QED) is 0.892. The van der Waals surface area contributed by atoms with E-state index in [0.717, 1.165) is 5.69 Å². The molecule has 1 heterocycles. The molecule has 1 aliphatic rings. The van der Waals surface area contributed by atoms with Crippen LogP contribution in [0.4, 0.5) is 16.2 Å². The number of rotatable bonds is 3. The smallest absolute Gasteiger partial charge is 0.321 e. The van der Waals surface area contributed by atoms with Crippen molar-refractivity contribution in [1.29, 1.82) is 0 Å². The van der Waals surface area contributed by atoms with Gasteiger partial charge in [0.1, 0.15) is 0 Å². The van der Waals surface area contributed by atoms with E-state index >= 15 is 0 Å². The number of benzene rings is 1. The second-order valence-electron chi connectivity index (χ2n) is 5.65. The van der Waals surface area contributed by atoms with Crippen LogP contribution in [-0.2, 0) is 10.0 Å². The van der Waals surface area contributed by atoms with Crippen LogP contribution >= 0.6 is 0 Å². The first kappa shape index (κ1) is 14.6. The minimum Gasteiger partial charge on any atom is -0.336 e. The van der Waals surface area contributed by atoms with Crippen molar-refractivity contribution in [3.8, 4) is 0 Å². The zero-order valence-corrected chi connectivity index (χ0v) is 12.6. The van der Waals surface area contributed by atoms with E-state index in [-0.39, 0.29) is 6.03 Å². The fourth-order valence-corrected chi connectivity index (χ4v) is 2.49. The average molecular weight is 297 g/mol. The lowest BCUT2D eigenvalue weighted by Gasteiger charge is -2.21. The summed E-state index contributed by atoms with van der Waals surface area (Å²) in [6.45, 7) is 6.15. The van der Waals surface area contributed by atoms with Crippen LogP contribution < -0.4 is 14.9 Å². The summed E-state index contributed by atoms with van der Waals surface area (Å²) in [5.41, 5.74) is 1.24. The fourth-order valence-electron chi connectivity index (χ4n) is 1.74. The maximum Gasteiger partial charge on any atom is 0.321 e. The van der Waals surface area contributed by atoms with Gasteiger partial charge >= 0.3 is 6.03 Å². The van der Waals surface area contributed by atoms with Gasteiger partial charge in [-0.3, -0.25) is 9.62 Å². The van der Waals surface area contributed by atoms with Gasteiger partial charge in [0, 0.05) is 24.5 Å². The summed E-state index contributed by atoms with van der Waals surface area (Å²) < 4.78 is 25.7. The van der Waals surface area contributed by atoms with E-state index in [2.05, 4.69) is 10.0 Å². The molecule has 1 saturated heterocycles. The van der Waals surface area contributed by atoms with Crippen LogP contribution in [0.3, 0.4) is 0 Å². The lowest BCUT2D eigenvalue weighted by molar-refractivity contribution is 0.252. The van der Waals surface area contributed by atoms with E-state index in [1.54, 1.807) is 49.9 Å². The van der Waals surface area contributed by atoms with E-state index in [4.69, 9.17) is 0 Å². The van der Waals surface area contributed by atoms with Crippen LogP contribution in [0.2, 0.25) is 0 Å². The number of carbonyl (C=O) groups excluding carboxylic acids is 1. The van der Waals surface area contributed by atoms with Gasteiger partial charge in [-0.15, -0.1) is 0 Å². The van der Waals surface area contributed by atoms with E-state index in [1.807, 2.05) is 0 Å². The lowest BCUT2D eigenvalue weighted by Crippen LogP contribution is -2.33. The molecule has 0 aliphatic carbocycles. The Morgan fingerprint density at radius 1 is 1.20 bits per heavy atom. The summed E-state index contributed by atoms with van der Waals surface area (Å²) in [4.78, 5) is 13.1. The second-order valence-corrected chi connectivity index (χ2v) is 8.08. The molecule has 0 aromatic heterocycles. The van der Waals surface area contributed by atoms with E-state index in [9.17, 15) is 13.2 Å². The predicted octanol–water partition coefficient (Wildman–Crippen LogP) is 1.76. The molecule has 110 valence electrons. The first-order chi connectivity index (χ1) is 9.21. The highest BCUT2D eigenvalue weighted by atomic mass is 32.2. The Kier molecular flexibility index (Phi) is 3.64. The molecule has 0 spiro atoms. The standard InChI is InChI=1S/C13H19N3O3S/c1-13(2,3)20(18,19)15-10-4-6-11(7-5-10)16-9-8-14-12(16)17/h4-7,15H,8-9H2,1-3H3,(H,14,17). The van der Waals surface area contributed by atoms with Gasteiger partial charge in [0.25, 0.3) is 0 Å². The Morgan fingerprint density at radius 3 is 2.25 bits per heavy atom. The minimum absolute atomic E-state index is 0.131. The molecule has 7 heteroatoms. The van der Waals surface area contributed by atoms with Crippen molar-refractivity contribution < 1.29 is 13.2 Å². The van der Waals surface area contributed by atoms with E-state index < -0.39 is 14.8 Å². The molecule has 2 N–H and O–H groups in total. The number of amides is 2. The molecule has 20 heavy (non-hydrogen) atoms. The van der Waals surface area contributed by atoms with Gasteiger partial charge in [-0.05, 0) is 45.0 Å². The number of carbonyl (C=O) groups is 1. The monoisotopic (exact) mass is 297 g/mol. The topological polar surface area (TPSA) is 78.5 Å². The summed E-state index contributed by atoms with van der Waals surface area (Å²) in [6, 6.07) is 6.64. The van der Waals surface area contributed by atoms with Gasteiger partial charge < -0.3 is 5.32 Å². The molecule has 2 rings (SSSR count). The number of hydrogen-bond acceptors (Lipinski definition) is 3. The predicted molar refractivity (Wildman–Crippen MR) is 79.5 cm³/mol. The van der Waals surface area contributed by atoms with Gasteiger partial charge in [0.05, 0.1) is 4.75 Å². The molecule has 1 aromatic carbocycles. The van der Waals surface area contributed by atoms with Gasteiger partial charge in [-0.25, -0.2) is 13.2 Å². The summed E-state index contributed by atoms with van der Waals surface area (Å²) in [7, 11) is -3.44. The fraction of sp³-hybridized carbons (Fsp3) is 0.462. The molecule has 0 bridgehead atoms. The Labute approximate surface area is 119 Å². The Morgan fingerprint density at radius 2 is 1.80 bits per heavy atom. The van der Waals surface area contributed by atoms with Crippen LogP contribution in [0.25, 0.3) is 0 Å². The van der Waals surface area contributed by atoms with E-state index in [0.29, 0.717) is 18.8 Å². The number of nitrogens with zero attached hydrogens (tertiary/aromatic N) is 1. The molecule has 0 atom stereocenters. The van der Waals surface area contributed by atoms with Crippen molar-refractivity contribution in [3.63, 3.8) is 0 Å². The van der Waals surface area contributed by atoms with Crippen LogP contribution in [0.1, 0.15) is 20.8 Å². The van der Waals surface area contributed by atoms with Crippen molar-refractivity contribution in [1.82, 2.24) is 5.32 Å². The summed E-state index contributed by atoms with van der Waals surface area (Å²) in [6.07, 6.45) is 0. The molecule has 2 amide bonds. The highest BCUT2D eigenvalue weighted by molar-refractivity contribution is 7.94. The van der Waals surface area contributed by atoms with Crippen LogP contribution in [-0.4, -0.2) is 32.3 Å². The summed E-state index contributed by atoms with van der Waals surface area (Å²) >= 11 is 0. The number of sulfonamides is 1. The molecular weight excluding hydrogens is 278 g/mol. The largest absolute Gasteiger partial charge is 0.336 e. The second kappa shape index (κ2) is 4.97. The molecule has 6 nitrogen and oxygen atoms in total. The SMILES string of the molecule is CC(C)(C)S(=O)(=O)Nc1ccc(N2CCNC2=O)cc1. The van der Waals surface area contributed by atoms with Gasteiger partial charge in [-0.2, -0.15) is 0 Å². The highest BCUT2D eigenvalue weighted by Crippen LogP contribution is 2.23. The Balaban J connectivity index is 2.15. The van der Waals surface area contributed by atoms with Gasteiger partial charge in [-0.1, -0.05) is 0 Å². The van der Waals surface area contributed by atoms with Crippen LogP contribution in [0.5, 0.6) is 0 Å². The summed E-state index contributed by atoms with van der Waals surface area (Å²) in [5.74, 6) is 0. The molecule has 1 aromatic rings. The molecule has 1 fully saturated rings. The molecule has 1 aliphatic heterocycles. The van der Waals surface area contributed by atoms with Crippen LogP contribution in [0.15, 0.2) is 24.3 Å². The zero-order valence-electron chi connectivity index (χ0n) is 11.8. The third-order valence-corrected chi connectivity index (χ3v) is 5.21. The number of anilines is 2. The number of hydrogen-bond donors (Lipinski definition) is 2. The van der Waals surface area contributed by atoms with Crippen molar-refractivity contribution >= 4 is 27.4 Å². The molecule has 0 unspecified atom stereocenters. The summed E-state index contributed by atoms with van der Waals surface area (Å²) in [5, 5.41) is 2.72.